The maximum atomic E-state index is 2.44. The monoisotopic (exact) mass is 592 g/mol. The van der Waals surface area contributed by atoms with Gasteiger partial charge in [-0.05, 0) is 102 Å². The fourth-order valence-corrected chi connectivity index (χ4v) is 6.97. The second kappa shape index (κ2) is 12.4. The van der Waals surface area contributed by atoms with Gasteiger partial charge in [0.05, 0.1) is 11.4 Å². The molecule has 46 heavy (non-hydrogen) atoms. The summed E-state index contributed by atoms with van der Waals surface area (Å²) in [6, 6.07) is 52.6. The van der Waals surface area contributed by atoms with Crippen molar-refractivity contribution in [3.05, 3.63) is 186 Å². The second-order valence-corrected chi connectivity index (χ2v) is 12.0. The van der Waals surface area contributed by atoms with Crippen LogP contribution >= 0.6 is 0 Å². The van der Waals surface area contributed by atoms with Gasteiger partial charge in [-0.1, -0.05) is 115 Å². The van der Waals surface area contributed by atoms with Crippen LogP contribution < -0.4 is 9.80 Å². The minimum Gasteiger partial charge on any atom is -0.314 e. The van der Waals surface area contributed by atoms with E-state index >= 15 is 0 Å². The molecule has 0 bridgehead atoms. The van der Waals surface area contributed by atoms with Crippen LogP contribution in [0.15, 0.2) is 170 Å². The van der Waals surface area contributed by atoms with Gasteiger partial charge in [0.1, 0.15) is 0 Å². The fourth-order valence-electron chi connectivity index (χ4n) is 6.97. The smallest absolute Gasteiger partial charge is 0.0536 e. The van der Waals surface area contributed by atoms with Crippen LogP contribution in [0.2, 0.25) is 0 Å². The van der Waals surface area contributed by atoms with Crippen LogP contribution in [-0.2, 0) is 6.42 Å². The Morgan fingerprint density at radius 2 is 1.11 bits per heavy atom. The summed E-state index contributed by atoms with van der Waals surface area (Å²) >= 11 is 0. The van der Waals surface area contributed by atoms with Gasteiger partial charge in [0.2, 0.25) is 0 Å². The van der Waals surface area contributed by atoms with Crippen LogP contribution in [-0.4, -0.2) is 0 Å². The quantitative estimate of drug-likeness (QED) is 0.182. The number of rotatable bonds is 7. The number of benzene rings is 6. The van der Waals surface area contributed by atoms with E-state index in [1.807, 2.05) is 0 Å². The Balaban J connectivity index is 1.14. The Hall–Kier alpha value is -5.60. The van der Waals surface area contributed by atoms with Gasteiger partial charge >= 0.3 is 0 Å². The standard InChI is InChI=1S/C44H36N2/c1-3-17-37(18-4-1)45(43-23-11-15-35-13-7-9-21-41(35)43)39-29-25-33(26-30-39)34-27-31-40(32-28-34)46(38-19-5-2-6-20-38)44-24-12-16-36-14-8-10-22-42(36)44/h1-7,9-13,15-25,27-29,31-32H,8,14,26,30H2. The van der Waals surface area contributed by atoms with Crippen molar-refractivity contribution in [2.24, 2.45) is 0 Å². The molecule has 0 saturated carbocycles. The zero-order valence-electron chi connectivity index (χ0n) is 25.9. The first kappa shape index (κ1) is 27.9. The fraction of sp³-hybridized carbons (Fsp3) is 0.0909. The first-order valence-corrected chi connectivity index (χ1v) is 16.3. The molecule has 222 valence electrons. The summed E-state index contributed by atoms with van der Waals surface area (Å²) in [7, 11) is 0. The van der Waals surface area contributed by atoms with E-state index in [9.17, 15) is 0 Å². The lowest BCUT2D eigenvalue weighted by atomic mass is 9.93. The summed E-state index contributed by atoms with van der Waals surface area (Å²) in [4.78, 5) is 4.83. The molecule has 0 atom stereocenters. The average Bonchev–Trinajstić information content (AvgIpc) is 3.14. The number of nitrogens with zero attached hydrogens (tertiary/aromatic N) is 2. The average molecular weight is 593 g/mol. The summed E-state index contributed by atoms with van der Waals surface area (Å²) in [6.07, 6.45) is 13.4. The van der Waals surface area contributed by atoms with Gasteiger partial charge < -0.3 is 9.80 Å². The maximum Gasteiger partial charge on any atom is 0.0536 e. The number of hydrogen-bond acceptors (Lipinski definition) is 2. The van der Waals surface area contributed by atoms with Crippen molar-refractivity contribution in [3.8, 4) is 0 Å². The number of para-hydroxylation sites is 2. The number of allylic oxidation sites excluding steroid dienone is 5. The highest BCUT2D eigenvalue weighted by Gasteiger charge is 2.21. The molecule has 0 unspecified atom stereocenters. The maximum absolute atomic E-state index is 2.44. The first-order chi connectivity index (χ1) is 22.8. The summed E-state index contributed by atoms with van der Waals surface area (Å²) in [6.45, 7) is 0. The molecule has 2 nitrogen and oxygen atoms in total. The minimum absolute atomic E-state index is 0.963. The van der Waals surface area contributed by atoms with Gasteiger partial charge in [0.25, 0.3) is 0 Å². The van der Waals surface area contributed by atoms with Gasteiger partial charge in [-0.25, -0.2) is 0 Å². The molecule has 2 aliphatic rings. The third kappa shape index (κ3) is 5.33. The van der Waals surface area contributed by atoms with Crippen LogP contribution in [0, 0.1) is 0 Å². The number of fused-ring (bicyclic) bond motifs is 2. The summed E-state index contributed by atoms with van der Waals surface area (Å²) in [5, 5.41) is 2.52. The van der Waals surface area contributed by atoms with Gasteiger partial charge in [-0.15, -0.1) is 0 Å². The molecule has 6 aromatic carbocycles. The lowest BCUT2D eigenvalue weighted by Crippen LogP contribution is -2.18. The Bertz CT molecular complexity index is 2080. The van der Waals surface area contributed by atoms with Crippen molar-refractivity contribution < 1.29 is 0 Å². The lowest BCUT2D eigenvalue weighted by molar-refractivity contribution is 0.932. The van der Waals surface area contributed by atoms with Crippen molar-refractivity contribution in [2.45, 2.75) is 25.7 Å². The van der Waals surface area contributed by atoms with E-state index in [0.717, 1.165) is 25.7 Å². The Labute approximate surface area is 271 Å². The zero-order valence-corrected chi connectivity index (χ0v) is 25.9. The predicted octanol–water partition coefficient (Wildman–Crippen LogP) is 12.2. The van der Waals surface area contributed by atoms with Crippen LogP contribution in [0.5, 0.6) is 0 Å². The predicted molar refractivity (Wildman–Crippen MR) is 196 cm³/mol. The van der Waals surface area contributed by atoms with Gasteiger partial charge in [-0.2, -0.15) is 0 Å². The molecular formula is C44H36N2. The molecule has 6 aromatic rings. The van der Waals surface area contributed by atoms with E-state index in [2.05, 4.69) is 180 Å². The SMILES string of the molecule is C1=Cc2c(cccc2N(c2ccccc2)c2ccc(C3=CC=C(N(c4ccccc4)c4cccc5ccccc45)CC3)cc2)CC1. The van der Waals surface area contributed by atoms with Crippen molar-refractivity contribution >= 4 is 50.9 Å². The molecule has 0 aromatic heterocycles. The minimum atomic E-state index is 0.963. The van der Waals surface area contributed by atoms with Crippen LogP contribution in [0.3, 0.4) is 0 Å². The number of hydrogen-bond donors (Lipinski definition) is 0. The van der Waals surface area contributed by atoms with E-state index < -0.39 is 0 Å². The third-order valence-corrected chi connectivity index (χ3v) is 9.23. The third-order valence-electron chi connectivity index (χ3n) is 9.23. The second-order valence-electron chi connectivity index (χ2n) is 12.0. The molecule has 2 aliphatic carbocycles. The molecule has 0 spiro atoms. The molecule has 2 heteroatoms. The highest BCUT2D eigenvalue weighted by molar-refractivity contribution is 5.97. The van der Waals surface area contributed by atoms with Crippen molar-refractivity contribution in [1.29, 1.82) is 0 Å². The van der Waals surface area contributed by atoms with E-state index in [-0.39, 0.29) is 0 Å². The van der Waals surface area contributed by atoms with E-state index in [4.69, 9.17) is 0 Å². The molecule has 8 rings (SSSR count). The zero-order chi connectivity index (χ0) is 30.7. The van der Waals surface area contributed by atoms with E-state index in [0.29, 0.717) is 0 Å². The Morgan fingerprint density at radius 1 is 0.457 bits per heavy atom. The van der Waals surface area contributed by atoms with Crippen LogP contribution in [0.25, 0.3) is 22.4 Å². The van der Waals surface area contributed by atoms with Crippen LogP contribution in [0.1, 0.15) is 36.0 Å². The Kier molecular flexibility index (Phi) is 7.54. The van der Waals surface area contributed by atoms with Crippen molar-refractivity contribution in [3.63, 3.8) is 0 Å². The molecular weight excluding hydrogens is 556 g/mol. The summed E-state index contributed by atoms with van der Waals surface area (Å²) in [5.74, 6) is 0. The highest BCUT2D eigenvalue weighted by Crippen LogP contribution is 2.42. The summed E-state index contributed by atoms with van der Waals surface area (Å²) < 4.78 is 0. The van der Waals surface area contributed by atoms with Gasteiger partial charge in [0.15, 0.2) is 0 Å². The molecule has 0 amide bonds. The van der Waals surface area contributed by atoms with Crippen LogP contribution in [0.4, 0.5) is 28.4 Å². The molecule has 0 radical (unpaired) electrons. The molecule has 0 saturated heterocycles. The summed E-state index contributed by atoms with van der Waals surface area (Å²) in [5.41, 5.74) is 12.7. The number of aryl methyl sites for hydroxylation is 1. The van der Waals surface area contributed by atoms with Gasteiger partial charge in [-0.3, -0.25) is 0 Å². The Morgan fingerprint density at radius 3 is 1.87 bits per heavy atom. The van der Waals surface area contributed by atoms with E-state index in [1.54, 1.807) is 0 Å². The van der Waals surface area contributed by atoms with Gasteiger partial charge in [0, 0.05) is 33.7 Å². The molecule has 0 N–H and O–H groups in total. The normalized spacial score (nSPS) is 13.9. The topological polar surface area (TPSA) is 6.48 Å². The highest BCUT2D eigenvalue weighted by atomic mass is 15.2. The largest absolute Gasteiger partial charge is 0.314 e. The first-order valence-electron chi connectivity index (χ1n) is 16.3. The molecule has 0 fully saturated rings. The van der Waals surface area contributed by atoms with Crippen molar-refractivity contribution in [1.82, 2.24) is 0 Å². The van der Waals surface area contributed by atoms with Crippen molar-refractivity contribution in [2.75, 3.05) is 9.80 Å². The molecule has 0 heterocycles. The molecule has 0 aliphatic heterocycles. The number of anilines is 5. The van der Waals surface area contributed by atoms with E-state index in [1.165, 1.54) is 67.2 Å². The lowest BCUT2D eigenvalue weighted by Gasteiger charge is -2.31.